The van der Waals surface area contributed by atoms with Crippen LogP contribution in [0, 0.1) is 0 Å². The van der Waals surface area contributed by atoms with E-state index in [2.05, 4.69) is 30.5 Å². The van der Waals surface area contributed by atoms with Gasteiger partial charge in [0.2, 0.25) is 0 Å². The summed E-state index contributed by atoms with van der Waals surface area (Å²) >= 11 is 1.55. The zero-order chi connectivity index (χ0) is 14.6. The molecule has 106 valence electrons. The van der Waals surface area contributed by atoms with Gasteiger partial charge in [0.25, 0.3) is 5.78 Å². The smallest absolute Gasteiger partial charge is 0.275 e. The first-order valence-electron chi connectivity index (χ1n) is 6.30. The number of azide groups is 1. The SMILES string of the molecule is CC1(C)Cc2c(sc3c2c(N=[N+]=[N-])nc2nnnn23)CO1. The van der Waals surface area contributed by atoms with Crippen LogP contribution in [0.3, 0.4) is 0 Å². The van der Waals surface area contributed by atoms with Gasteiger partial charge < -0.3 is 4.74 Å². The molecule has 1 aliphatic rings. The molecule has 0 aliphatic carbocycles. The summed E-state index contributed by atoms with van der Waals surface area (Å²) in [5, 5.41) is 16.0. The van der Waals surface area contributed by atoms with E-state index < -0.39 is 0 Å². The Balaban J connectivity index is 2.14. The maximum atomic E-state index is 8.78. The molecule has 0 bridgehead atoms. The van der Waals surface area contributed by atoms with Crippen LogP contribution in [0.1, 0.15) is 24.3 Å². The second-order valence-corrected chi connectivity index (χ2v) is 6.51. The summed E-state index contributed by atoms with van der Waals surface area (Å²) < 4.78 is 7.41. The van der Waals surface area contributed by atoms with E-state index in [0.29, 0.717) is 18.2 Å². The third-order valence-corrected chi connectivity index (χ3v) is 4.66. The van der Waals surface area contributed by atoms with Crippen LogP contribution >= 0.6 is 11.3 Å². The minimum absolute atomic E-state index is 0.260. The van der Waals surface area contributed by atoms with E-state index in [1.54, 1.807) is 15.9 Å². The molecule has 1 aliphatic heterocycles. The summed E-state index contributed by atoms with van der Waals surface area (Å²) in [4.78, 5) is 9.06. The summed E-state index contributed by atoms with van der Waals surface area (Å²) in [5.74, 6) is 0.647. The fourth-order valence-corrected chi connectivity index (χ4v) is 3.74. The molecule has 0 saturated heterocycles. The molecule has 4 heterocycles. The summed E-state index contributed by atoms with van der Waals surface area (Å²) in [6.45, 7) is 4.60. The van der Waals surface area contributed by atoms with Crippen LogP contribution in [0.25, 0.3) is 26.4 Å². The lowest BCUT2D eigenvalue weighted by molar-refractivity contribution is -0.0379. The molecule has 0 spiro atoms. The summed E-state index contributed by atoms with van der Waals surface area (Å²) in [6.07, 6.45) is 0.728. The van der Waals surface area contributed by atoms with Gasteiger partial charge in [0.05, 0.1) is 12.2 Å². The van der Waals surface area contributed by atoms with E-state index in [1.807, 2.05) is 13.8 Å². The Morgan fingerprint density at radius 1 is 1.48 bits per heavy atom. The third kappa shape index (κ3) is 1.77. The highest BCUT2D eigenvalue weighted by Crippen LogP contribution is 2.42. The van der Waals surface area contributed by atoms with E-state index in [0.717, 1.165) is 27.1 Å². The van der Waals surface area contributed by atoms with E-state index in [1.165, 1.54) is 0 Å². The maximum Gasteiger partial charge on any atom is 0.275 e. The second kappa shape index (κ2) is 4.10. The number of tetrazole rings is 1. The zero-order valence-corrected chi connectivity index (χ0v) is 12.1. The molecule has 0 saturated carbocycles. The Morgan fingerprint density at radius 3 is 3.14 bits per heavy atom. The van der Waals surface area contributed by atoms with E-state index >= 15 is 0 Å². The van der Waals surface area contributed by atoms with Crippen molar-refractivity contribution >= 4 is 33.1 Å². The summed E-state index contributed by atoms with van der Waals surface area (Å²) in [7, 11) is 0. The molecule has 3 aromatic heterocycles. The molecule has 10 heteroatoms. The number of fused-ring (bicyclic) bond motifs is 5. The van der Waals surface area contributed by atoms with Crippen LogP contribution in [0.15, 0.2) is 5.11 Å². The monoisotopic (exact) mass is 302 g/mol. The lowest BCUT2D eigenvalue weighted by Gasteiger charge is -2.30. The van der Waals surface area contributed by atoms with E-state index in [9.17, 15) is 0 Å². The van der Waals surface area contributed by atoms with Crippen LogP contribution in [0.5, 0.6) is 0 Å². The van der Waals surface area contributed by atoms with Crippen LogP contribution in [-0.2, 0) is 17.8 Å². The average molecular weight is 302 g/mol. The summed E-state index contributed by atoms with van der Waals surface area (Å²) in [6, 6.07) is 0. The second-order valence-electron chi connectivity index (χ2n) is 5.42. The van der Waals surface area contributed by atoms with Gasteiger partial charge in [-0.25, -0.2) is 4.98 Å². The Bertz CT molecular complexity index is 919. The van der Waals surface area contributed by atoms with Gasteiger partial charge in [0, 0.05) is 21.6 Å². The Hall–Kier alpha value is -2.29. The molecular formula is C11H10N8OS. The average Bonchev–Trinajstić information content (AvgIpc) is 3.01. The molecule has 3 aromatic rings. The lowest BCUT2D eigenvalue weighted by Crippen LogP contribution is -2.30. The van der Waals surface area contributed by atoms with Gasteiger partial charge in [-0.1, -0.05) is 5.10 Å². The molecule has 0 radical (unpaired) electrons. The Morgan fingerprint density at radius 2 is 2.33 bits per heavy atom. The first kappa shape index (κ1) is 12.5. The molecule has 0 atom stereocenters. The number of nitrogens with zero attached hydrogens (tertiary/aromatic N) is 8. The van der Waals surface area contributed by atoms with Crippen molar-refractivity contribution in [2.45, 2.75) is 32.5 Å². The van der Waals surface area contributed by atoms with Gasteiger partial charge in [-0.15, -0.1) is 11.3 Å². The van der Waals surface area contributed by atoms with Crippen molar-refractivity contribution in [1.82, 2.24) is 25.0 Å². The molecule has 4 rings (SSSR count). The predicted octanol–water partition coefficient (Wildman–Crippen LogP) is 2.53. The van der Waals surface area contributed by atoms with Crippen molar-refractivity contribution in [3.05, 3.63) is 20.9 Å². The number of rotatable bonds is 1. The molecule has 0 unspecified atom stereocenters. The highest BCUT2D eigenvalue weighted by molar-refractivity contribution is 7.19. The zero-order valence-electron chi connectivity index (χ0n) is 11.3. The van der Waals surface area contributed by atoms with Crippen molar-refractivity contribution in [1.29, 1.82) is 0 Å². The third-order valence-electron chi connectivity index (χ3n) is 3.48. The largest absolute Gasteiger partial charge is 0.370 e. The maximum absolute atomic E-state index is 8.78. The minimum atomic E-state index is -0.260. The highest BCUT2D eigenvalue weighted by Gasteiger charge is 2.31. The van der Waals surface area contributed by atoms with Crippen molar-refractivity contribution in [2.24, 2.45) is 5.11 Å². The van der Waals surface area contributed by atoms with Crippen LogP contribution in [-0.4, -0.2) is 30.6 Å². The normalized spacial score (nSPS) is 16.9. The quantitative estimate of drug-likeness (QED) is 0.389. The fourth-order valence-electron chi connectivity index (χ4n) is 2.57. The van der Waals surface area contributed by atoms with E-state index in [-0.39, 0.29) is 5.60 Å². The molecule has 9 nitrogen and oxygen atoms in total. The first-order chi connectivity index (χ1) is 10.1. The van der Waals surface area contributed by atoms with Crippen molar-refractivity contribution < 1.29 is 4.74 Å². The molecule has 21 heavy (non-hydrogen) atoms. The van der Waals surface area contributed by atoms with Crippen LogP contribution in [0.2, 0.25) is 0 Å². The topological polar surface area (TPSA) is 114 Å². The van der Waals surface area contributed by atoms with Gasteiger partial charge in [-0.2, -0.15) is 4.52 Å². The molecule has 0 amide bonds. The van der Waals surface area contributed by atoms with Crippen LogP contribution < -0.4 is 0 Å². The Kier molecular flexibility index (Phi) is 2.43. The van der Waals surface area contributed by atoms with E-state index in [4.69, 9.17) is 10.3 Å². The van der Waals surface area contributed by atoms with Crippen molar-refractivity contribution in [3.8, 4) is 0 Å². The van der Waals surface area contributed by atoms with Gasteiger partial charge >= 0.3 is 0 Å². The molecule has 0 aromatic carbocycles. The van der Waals surface area contributed by atoms with Gasteiger partial charge in [0.15, 0.2) is 0 Å². The standard InChI is InChI=1S/C11H10N8OS/c1-11(2)3-5-6(4-20-11)21-9-7(5)8(14-16-12)13-10-15-17-18-19(9)10/h3-4H2,1-2H3. The number of thiophene rings is 1. The molecule has 0 N–H and O–H groups in total. The number of hydrogen-bond donors (Lipinski definition) is 0. The van der Waals surface area contributed by atoms with Gasteiger partial charge in [-0.3, -0.25) is 0 Å². The van der Waals surface area contributed by atoms with Gasteiger partial charge in [0.1, 0.15) is 10.6 Å². The summed E-state index contributed by atoms with van der Waals surface area (Å²) in [5.41, 5.74) is 9.63. The minimum Gasteiger partial charge on any atom is -0.370 e. The number of ether oxygens (including phenoxy) is 1. The highest BCUT2D eigenvalue weighted by atomic mass is 32.1. The predicted molar refractivity (Wildman–Crippen MR) is 75.3 cm³/mol. The molecular weight excluding hydrogens is 292 g/mol. The lowest BCUT2D eigenvalue weighted by atomic mass is 9.94. The van der Waals surface area contributed by atoms with Gasteiger partial charge in [-0.05, 0) is 40.5 Å². The Labute approximate surface area is 122 Å². The molecule has 0 fully saturated rings. The number of aromatic nitrogens is 5. The van der Waals surface area contributed by atoms with Crippen molar-refractivity contribution in [2.75, 3.05) is 0 Å². The number of hydrogen-bond acceptors (Lipinski definition) is 7. The van der Waals surface area contributed by atoms with Crippen molar-refractivity contribution in [3.63, 3.8) is 0 Å². The fraction of sp³-hybridized carbons (Fsp3) is 0.455. The first-order valence-corrected chi connectivity index (χ1v) is 7.12. The van der Waals surface area contributed by atoms with Crippen LogP contribution in [0.4, 0.5) is 5.82 Å².